The summed E-state index contributed by atoms with van der Waals surface area (Å²) >= 11 is 3.43. The van der Waals surface area contributed by atoms with Crippen LogP contribution in [0.2, 0.25) is 0 Å². The molecular weight excluding hydrogens is 284 g/mol. The first kappa shape index (κ1) is 13.8. The summed E-state index contributed by atoms with van der Waals surface area (Å²) in [4.78, 5) is 10.5. The second-order valence-corrected chi connectivity index (χ2v) is 4.42. The fraction of sp³-hybridized carbons (Fsp3) is 0.308. The monoisotopic (exact) mass is 298 g/mol. The summed E-state index contributed by atoms with van der Waals surface area (Å²) < 4.78 is 6.28. The SMILES string of the molecule is CCOc1ccc(/C(C)=C/CC(=O)O)cc1Br. The van der Waals surface area contributed by atoms with Gasteiger partial charge in [0.1, 0.15) is 5.75 Å². The lowest BCUT2D eigenvalue weighted by Gasteiger charge is -2.08. The van der Waals surface area contributed by atoms with E-state index in [2.05, 4.69) is 15.9 Å². The van der Waals surface area contributed by atoms with Gasteiger partial charge in [0.05, 0.1) is 17.5 Å². The van der Waals surface area contributed by atoms with Gasteiger partial charge < -0.3 is 9.84 Å². The number of aliphatic carboxylic acids is 1. The number of carboxylic acids is 1. The summed E-state index contributed by atoms with van der Waals surface area (Å²) in [5.74, 6) is -0.0309. The predicted octanol–water partition coefficient (Wildman–Crippen LogP) is 3.73. The molecule has 1 N–H and O–H groups in total. The molecule has 0 aliphatic carbocycles. The van der Waals surface area contributed by atoms with Crippen molar-refractivity contribution in [2.75, 3.05) is 6.61 Å². The molecule has 3 nitrogen and oxygen atoms in total. The maximum Gasteiger partial charge on any atom is 0.307 e. The van der Waals surface area contributed by atoms with Crippen LogP contribution in [0, 0.1) is 0 Å². The lowest BCUT2D eigenvalue weighted by molar-refractivity contribution is -0.135. The van der Waals surface area contributed by atoms with Gasteiger partial charge in [-0.15, -0.1) is 0 Å². The number of rotatable bonds is 5. The van der Waals surface area contributed by atoms with E-state index in [-0.39, 0.29) is 6.42 Å². The smallest absolute Gasteiger partial charge is 0.307 e. The zero-order valence-corrected chi connectivity index (χ0v) is 11.5. The molecule has 0 saturated heterocycles. The van der Waals surface area contributed by atoms with Crippen LogP contribution in [0.1, 0.15) is 25.8 Å². The van der Waals surface area contributed by atoms with Crippen molar-refractivity contribution in [1.82, 2.24) is 0 Å². The van der Waals surface area contributed by atoms with Crippen LogP contribution in [0.25, 0.3) is 5.57 Å². The minimum absolute atomic E-state index is 0.0384. The van der Waals surface area contributed by atoms with Crippen LogP contribution >= 0.6 is 15.9 Å². The number of hydrogen-bond acceptors (Lipinski definition) is 2. The Kier molecular flexibility index (Phi) is 5.22. The zero-order valence-electron chi connectivity index (χ0n) is 9.87. The second-order valence-electron chi connectivity index (χ2n) is 3.56. The lowest BCUT2D eigenvalue weighted by Crippen LogP contribution is -1.94. The topological polar surface area (TPSA) is 46.5 Å². The molecule has 0 radical (unpaired) electrons. The van der Waals surface area contributed by atoms with Crippen molar-refractivity contribution in [3.8, 4) is 5.75 Å². The number of halogens is 1. The maximum absolute atomic E-state index is 10.5. The molecule has 4 heteroatoms. The molecule has 0 bridgehead atoms. The van der Waals surface area contributed by atoms with E-state index in [9.17, 15) is 4.79 Å². The van der Waals surface area contributed by atoms with Crippen molar-refractivity contribution >= 4 is 27.5 Å². The van der Waals surface area contributed by atoms with Crippen LogP contribution in [-0.2, 0) is 4.79 Å². The molecule has 0 aliphatic rings. The minimum atomic E-state index is -0.825. The van der Waals surface area contributed by atoms with Crippen LogP contribution in [0.3, 0.4) is 0 Å². The number of carboxylic acid groups (broad SMARTS) is 1. The Morgan fingerprint density at radius 2 is 2.24 bits per heavy atom. The normalized spacial score (nSPS) is 11.4. The largest absolute Gasteiger partial charge is 0.493 e. The Morgan fingerprint density at radius 1 is 1.53 bits per heavy atom. The quantitative estimate of drug-likeness (QED) is 0.901. The standard InChI is InChI=1S/C13H15BrO3/c1-3-17-12-6-5-10(8-11(12)14)9(2)4-7-13(15)16/h4-6,8H,3,7H2,1-2H3,(H,15,16)/b9-4+. The Morgan fingerprint density at radius 3 is 2.76 bits per heavy atom. The summed E-state index contributed by atoms with van der Waals surface area (Å²) in [5, 5.41) is 8.60. The van der Waals surface area contributed by atoms with Crippen molar-refractivity contribution in [3.63, 3.8) is 0 Å². The predicted molar refractivity (Wildman–Crippen MR) is 71.2 cm³/mol. The summed E-state index contributed by atoms with van der Waals surface area (Å²) in [6, 6.07) is 5.73. The first-order chi connectivity index (χ1) is 8.04. The molecule has 0 aliphatic heterocycles. The molecule has 0 spiro atoms. The van der Waals surface area contributed by atoms with Crippen molar-refractivity contribution < 1.29 is 14.6 Å². The molecule has 0 amide bonds. The molecular formula is C13H15BrO3. The van der Waals surface area contributed by atoms with Crippen LogP contribution < -0.4 is 4.74 Å². The van der Waals surface area contributed by atoms with Gasteiger partial charge in [0.25, 0.3) is 0 Å². The first-order valence-corrected chi connectivity index (χ1v) is 6.15. The van der Waals surface area contributed by atoms with Gasteiger partial charge in [0, 0.05) is 0 Å². The van der Waals surface area contributed by atoms with Gasteiger partial charge in [-0.1, -0.05) is 12.1 Å². The van der Waals surface area contributed by atoms with Crippen LogP contribution in [-0.4, -0.2) is 17.7 Å². The van der Waals surface area contributed by atoms with Gasteiger partial charge >= 0.3 is 5.97 Å². The van der Waals surface area contributed by atoms with Gasteiger partial charge in [-0.2, -0.15) is 0 Å². The third-order valence-corrected chi connectivity index (χ3v) is 2.89. The number of benzene rings is 1. The molecule has 0 heterocycles. The molecule has 92 valence electrons. The number of carbonyl (C=O) groups is 1. The Labute approximate surface area is 109 Å². The Bertz CT molecular complexity index is 438. The average molecular weight is 299 g/mol. The number of ether oxygens (including phenoxy) is 1. The highest BCUT2D eigenvalue weighted by molar-refractivity contribution is 9.10. The average Bonchev–Trinajstić information content (AvgIpc) is 2.28. The van der Waals surface area contributed by atoms with Gasteiger partial charge in [-0.3, -0.25) is 4.79 Å². The molecule has 17 heavy (non-hydrogen) atoms. The number of allylic oxidation sites excluding steroid dienone is 1. The molecule has 1 aromatic carbocycles. The summed E-state index contributed by atoms with van der Waals surface area (Å²) in [6.07, 6.45) is 1.74. The van der Waals surface area contributed by atoms with Crippen molar-refractivity contribution in [2.24, 2.45) is 0 Å². The molecule has 0 saturated carbocycles. The third kappa shape index (κ3) is 4.23. The Balaban J connectivity index is 2.89. The molecule has 0 aromatic heterocycles. The third-order valence-electron chi connectivity index (χ3n) is 2.27. The van der Waals surface area contributed by atoms with E-state index in [1.54, 1.807) is 6.08 Å². The van der Waals surface area contributed by atoms with E-state index in [1.165, 1.54) is 0 Å². The second kappa shape index (κ2) is 6.45. The highest BCUT2D eigenvalue weighted by Gasteiger charge is 2.03. The van der Waals surface area contributed by atoms with E-state index in [0.717, 1.165) is 21.4 Å². The van der Waals surface area contributed by atoms with Gasteiger partial charge in [0.2, 0.25) is 0 Å². The lowest BCUT2D eigenvalue weighted by atomic mass is 10.1. The van der Waals surface area contributed by atoms with Crippen LogP contribution in [0.4, 0.5) is 0 Å². The fourth-order valence-electron chi connectivity index (χ4n) is 1.38. The van der Waals surface area contributed by atoms with Crippen LogP contribution in [0.5, 0.6) is 5.75 Å². The molecule has 0 unspecified atom stereocenters. The maximum atomic E-state index is 10.5. The summed E-state index contributed by atoms with van der Waals surface area (Å²) in [7, 11) is 0. The number of hydrogen-bond donors (Lipinski definition) is 1. The Hall–Kier alpha value is -1.29. The van der Waals surface area contributed by atoms with E-state index in [0.29, 0.717) is 6.61 Å². The van der Waals surface area contributed by atoms with Crippen molar-refractivity contribution in [1.29, 1.82) is 0 Å². The van der Waals surface area contributed by atoms with E-state index in [1.807, 2.05) is 32.0 Å². The zero-order chi connectivity index (χ0) is 12.8. The van der Waals surface area contributed by atoms with Gasteiger partial charge in [-0.25, -0.2) is 0 Å². The molecule has 0 fully saturated rings. The highest BCUT2D eigenvalue weighted by atomic mass is 79.9. The van der Waals surface area contributed by atoms with Crippen molar-refractivity contribution in [2.45, 2.75) is 20.3 Å². The molecule has 1 rings (SSSR count). The summed E-state index contributed by atoms with van der Waals surface area (Å²) in [5.41, 5.74) is 1.93. The molecule has 1 aromatic rings. The minimum Gasteiger partial charge on any atom is -0.493 e. The van der Waals surface area contributed by atoms with Crippen LogP contribution in [0.15, 0.2) is 28.7 Å². The van der Waals surface area contributed by atoms with E-state index in [4.69, 9.17) is 9.84 Å². The first-order valence-electron chi connectivity index (χ1n) is 5.36. The summed E-state index contributed by atoms with van der Waals surface area (Å²) in [6.45, 7) is 4.44. The van der Waals surface area contributed by atoms with Gasteiger partial charge in [0.15, 0.2) is 0 Å². The highest BCUT2D eigenvalue weighted by Crippen LogP contribution is 2.28. The van der Waals surface area contributed by atoms with Crippen molar-refractivity contribution in [3.05, 3.63) is 34.3 Å². The fourth-order valence-corrected chi connectivity index (χ4v) is 1.87. The molecule has 0 atom stereocenters. The van der Waals surface area contributed by atoms with Gasteiger partial charge in [-0.05, 0) is 53.0 Å². The van der Waals surface area contributed by atoms with E-state index < -0.39 is 5.97 Å². The van der Waals surface area contributed by atoms with E-state index >= 15 is 0 Å².